The van der Waals surface area contributed by atoms with Crippen LogP contribution in [0, 0.1) is 5.92 Å². The van der Waals surface area contributed by atoms with Gasteiger partial charge in [0.05, 0.1) is 12.5 Å². The van der Waals surface area contributed by atoms with Gasteiger partial charge in [-0.15, -0.1) is 0 Å². The van der Waals surface area contributed by atoms with E-state index in [4.69, 9.17) is 4.74 Å². The van der Waals surface area contributed by atoms with Gasteiger partial charge in [0, 0.05) is 13.2 Å². The normalized spacial score (nSPS) is 9.08. The van der Waals surface area contributed by atoms with Crippen molar-refractivity contribution >= 4 is 5.97 Å². The van der Waals surface area contributed by atoms with Gasteiger partial charge < -0.3 is 9.47 Å². The van der Waals surface area contributed by atoms with Gasteiger partial charge >= 0.3 is 5.97 Å². The Morgan fingerprint density at radius 3 is 1.62 bits per heavy atom. The van der Waals surface area contributed by atoms with Crippen LogP contribution in [-0.2, 0) is 14.3 Å². The summed E-state index contributed by atoms with van der Waals surface area (Å²) in [6, 6.07) is 0. The topological polar surface area (TPSA) is 35.5 Å². The molecule has 0 rings (SSSR count). The van der Waals surface area contributed by atoms with E-state index in [0.29, 0.717) is 6.61 Å². The molecule has 0 atom stereocenters. The van der Waals surface area contributed by atoms with Gasteiger partial charge in [0.25, 0.3) is 0 Å². The van der Waals surface area contributed by atoms with Gasteiger partial charge in [-0.05, 0) is 20.8 Å². The molecule has 0 aromatic rings. The Hall–Kier alpha value is -0.570. The summed E-state index contributed by atoms with van der Waals surface area (Å²) >= 11 is 0. The molecule has 0 bridgehead atoms. The summed E-state index contributed by atoms with van der Waals surface area (Å²) in [7, 11) is 0. The number of esters is 1. The summed E-state index contributed by atoms with van der Waals surface area (Å²) in [5.74, 6) is -0.109. The van der Waals surface area contributed by atoms with Crippen LogP contribution in [0.4, 0.5) is 0 Å². The summed E-state index contributed by atoms with van der Waals surface area (Å²) < 4.78 is 9.50. The van der Waals surface area contributed by atoms with E-state index >= 15 is 0 Å². The average Bonchev–Trinajstić information content (AvgIpc) is 2.07. The molecule has 0 aliphatic rings. The molecule has 13 heavy (non-hydrogen) atoms. The van der Waals surface area contributed by atoms with Crippen molar-refractivity contribution in [3.05, 3.63) is 0 Å². The minimum absolute atomic E-state index is 0.00921. The molecule has 0 aromatic heterocycles. The summed E-state index contributed by atoms with van der Waals surface area (Å²) in [4.78, 5) is 10.5. The van der Waals surface area contributed by atoms with Gasteiger partial charge in [-0.2, -0.15) is 0 Å². The van der Waals surface area contributed by atoms with Crippen LogP contribution in [0.25, 0.3) is 0 Å². The lowest BCUT2D eigenvalue weighted by molar-refractivity contribution is -0.146. The van der Waals surface area contributed by atoms with E-state index in [0.717, 1.165) is 13.2 Å². The van der Waals surface area contributed by atoms with Crippen molar-refractivity contribution in [2.24, 2.45) is 5.92 Å². The number of rotatable bonds is 4. The summed E-state index contributed by atoms with van der Waals surface area (Å²) in [5.41, 5.74) is 0. The molecule has 0 fully saturated rings. The zero-order chi connectivity index (χ0) is 10.7. The molecule has 0 unspecified atom stereocenters. The van der Waals surface area contributed by atoms with Crippen molar-refractivity contribution in [3.8, 4) is 0 Å². The second-order valence-corrected chi connectivity index (χ2v) is 2.69. The second-order valence-electron chi connectivity index (χ2n) is 2.69. The minimum Gasteiger partial charge on any atom is -0.466 e. The molecule has 0 heterocycles. The van der Waals surface area contributed by atoms with Gasteiger partial charge in [-0.3, -0.25) is 4.79 Å². The molecule has 80 valence electrons. The predicted octanol–water partition coefficient (Wildman–Crippen LogP) is 2.25. The maximum absolute atomic E-state index is 10.5. The molecule has 0 saturated heterocycles. The Morgan fingerprint density at radius 2 is 1.54 bits per heavy atom. The van der Waals surface area contributed by atoms with Crippen molar-refractivity contribution < 1.29 is 14.3 Å². The van der Waals surface area contributed by atoms with E-state index in [1.165, 1.54) is 0 Å². The lowest BCUT2D eigenvalue weighted by Crippen LogP contribution is -2.10. The highest BCUT2D eigenvalue weighted by Gasteiger charge is 2.04. The molecule has 0 aromatic carbocycles. The first-order valence-corrected chi connectivity index (χ1v) is 4.84. The molecule has 0 aliphatic carbocycles. The molecule has 3 nitrogen and oxygen atoms in total. The van der Waals surface area contributed by atoms with Gasteiger partial charge in [0.1, 0.15) is 0 Å². The van der Waals surface area contributed by atoms with Crippen LogP contribution in [0.3, 0.4) is 0 Å². The van der Waals surface area contributed by atoms with Crippen molar-refractivity contribution in [1.82, 2.24) is 0 Å². The summed E-state index contributed by atoms with van der Waals surface area (Å²) in [6.07, 6.45) is 0. The summed E-state index contributed by atoms with van der Waals surface area (Å²) in [5, 5.41) is 0. The number of hydrogen-bond donors (Lipinski definition) is 0. The van der Waals surface area contributed by atoms with Crippen LogP contribution in [-0.4, -0.2) is 25.8 Å². The molecule has 0 spiro atoms. The van der Waals surface area contributed by atoms with Gasteiger partial charge in [-0.25, -0.2) is 0 Å². The highest BCUT2D eigenvalue weighted by Crippen LogP contribution is 1.93. The van der Waals surface area contributed by atoms with Crippen LogP contribution in [0.2, 0.25) is 0 Å². The molecule has 3 heteroatoms. The zero-order valence-electron chi connectivity index (χ0n) is 9.42. The zero-order valence-corrected chi connectivity index (χ0v) is 9.42. The molecular formula is C10H22O3. The van der Waals surface area contributed by atoms with E-state index in [2.05, 4.69) is 4.74 Å². The lowest BCUT2D eigenvalue weighted by atomic mass is 10.2. The molecule has 0 aliphatic heterocycles. The monoisotopic (exact) mass is 190 g/mol. The van der Waals surface area contributed by atoms with Crippen LogP contribution in [0.5, 0.6) is 0 Å². The Morgan fingerprint density at radius 1 is 1.08 bits per heavy atom. The van der Waals surface area contributed by atoms with Gasteiger partial charge in [-0.1, -0.05) is 13.8 Å². The Balaban J connectivity index is 0. The predicted molar refractivity (Wildman–Crippen MR) is 53.6 cm³/mol. The third-order valence-corrected chi connectivity index (χ3v) is 1.17. The maximum atomic E-state index is 10.5. The van der Waals surface area contributed by atoms with Gasteiger partial charge in [0.15, 0.2) is 0 Å². The van der Waals surface area contributed by atoms with E-state index in [1.54, 1.807) is 6.92 Å². The fraction of sp³-hybridized carbons (Fsp3) is 0.900. The van der Waals surface area contributed by atoms with Crippen molar-refractivity contribution in [1.29, 1.82) is 0 Å². The largest absolute Gasteiger partial charge is 0.466 e. The number of hydrogen-bond acceptors (Lipinski definition) is 3. The Labute approximate surface area is 81.4 Å². The fourth-order valence-electron chi connectivity index (χ4n) is 0.513. The van der Waals surface area contributed by atoms with Crippen LogP contribution < -0.4 is 0 Å². The van der Waals surface area contributed by atoms with Crippen molar-refractivity contribution in [2.75, 3.05) is 19.8 Å². The Bertz CT molecular complexity index is 109. The second kappa shape index (κ2) is 11.4. The van der Waals surface area contributed by atoms with Gasteiger partial charge in [0.2, 0.25) is 0 Å². The molecule has 0 amide bonds. The number of ether oxygens (including phenoxy) is 2. The van der Waals surface area contributed by atoms with E-state index in [9.17, 15) is 4.79 Å². The smallest absolute Gasteiger partial charge is 0.308 e. The molecule has 0 radical (unpaired) electrons. The Kier molecular flexibility index (Phi) is 13.1. The lowest BCUT2D eigenvalue weighted by Gasteiger charge is -2.01. The number of carbonyl (C=O) groups excluding carboxylic acids is 1. The van der Waals surface area contributed by atoms with Crippen molar-refractivity contribution in [2.45, 2.75) is 34.6 Å². The number of carbonyl (C=O) groups is 1. The van der Waals surface area contributed by atoms with Crippen molar-refractivity contribution in [3.63, 3.8) is 0 Å². The van der Waals surface area contributed by atoms with E-state index in [-0.39, 0.29) is 11.9 Å². The van der Waals surface area contributed by atoms with E-state index < -0.39 is 0 Å². The summed E-state index contributed by atoms with van der Waals surface area (Å²) in [6.45, 7) is 11.6. The first-order valence-electron chi connectivity index (χ1n) is 4.84. The molecule has 0 N–H and O–H groups in total. The quantitative estimate of drug-likeness (QED) is 0.638. The fourth-order valence-corrected chi connectivity index (χ4v) is 0.513. The maximum Gasteiger partial charge on any atom is 0.308 e. The first-order chi connectivity index (χ1) is 6.09. The van der Waals surface area contributed by atoms with Crippen LogP contribution >= 0.6 is 0 Å². The van der Waals surface area contributed by atoms with Crippen LogP contribution in [0.15, 0.2) is 0 Å². The molecular weight excluding hydrogens is 168 g/mol. The first kappa shape index (κ1) is 14.9. The SMILES string of the molecule is CCOC(=O)C(C)C.CCOCC. The highest BCUT2D eigenvalue weighted by atomic mass is 16.5. The van der Waals surface area contributed by atoms with E-state index in [1.807, 2.05) is 27.7 Å². The molecule has 0 saturated carbocycles. The average molecular weight is 190 g/mol. The van der Waals surface area contributed by atoms with Crippen LogP contribution in [0.1, 0.15) is 34.6 Å². The third kappa shape index (κ3) is 14.3. The minimum atomic E-state index is -0.118. The third-order valence-electron chi connectivity index (χ3n) is 1.17. The standard InChI is InChI=1S/C6H12O2.C4H10O/c1-4-8-6(7)5(2)3;1-3-5-4-2/h5H,4H2,1-3H3;3-4H2,1-2H3. The highest BCUT2D eigenvalue weighted by molar-refractivity contribution is 5.71.